The van der Waals surface area contributed by atoms with Gasteiger partial charge in [-0.3, -0.25) is 4.79 Å². The average Bonchev–Trinajstić information content (AvgIpc) is 2.89. The van der Waals surface area contributed by atoms with Crippen molar-refractivity contribution in [3.8, 4) is 5.82 Å². The Labute approximate surface area is 136 Å². The van der Waals surface area contributed by atoms with Gasteiger partial charge in [0.2, 0.25) is 0 Å². The molecule has 0 atom stereocenters. The number of nitrogens with one attached hydrogen (secondary N) is 1. The first kappa shape index (κ1) is 15.6. The number of carbonyl (C=O) groups is 1. The Morgan fingerprint density at radius 3 is 2.61 bits per heavy atom. The van der Waals surface area contributed by atoms with E-state index in [0.717, 1.165) is 11.5 Å². The summed E-state index contributed by atoms with van der Waals surface area (Å²) in [6.45, 7) is 5.31. The molecule has 1 fully saturated rings. The van der Waals surface area contributed by atoms with Crippen molar-refractivity contribution < 1.29 is 4.79 Å². The van der Waals surface area contributed by atoms with Gasteiger partial charge < -0.3 is 5.32 Å². The minimum Gasteiger partial charge on any atom is -0.367 e. The molecule has 0 spiro atoms. The highest BCUT2D eigenvalue weighted by molar-refractivity contribution is 5.95. The van der Waals surface area contributed by atoms with E-state index >= 15 is 0 Å². The van der Waals surface area contributed by atoms with Crippen molar-refractivity contribution in [1.29, 1.82) is 0 Å². The molecule has 0 radical (unpaired) electrons. The topological polar surface area (TPSA) is 72.7 Å². The zero-order valence-corrected chi connectivity index (χ0v) is 14.0. The lowest BCUT2D eigenvalue weighted by atomic mass is 9.95. The first-order valence-electron chi connectivity index (χ1n) is 8.23. The molecule has 1 N–H and O–H groups in total. The van der Waals surface area contributed by atoms with Gasteiger partial charge in [-0.15, -0.1) is 0 Å². The molecule has 0 saturated heterocycles. The smallest absolute Gasteiger partial charge is 0.163 e. The van der Waals surface area contributed by atoms with Crippen LogP contribution in [0.2, 0.25) is 0 Å². The number of carbonyl (C=O) groups excluding carboxylic acids is 1. The Morgan fingerprint density at radius 1 is 1.22 bits per heavy atom. The van der Waals surface area contributed by atoms with E-state index in [1.165, 1.54) is 32.1 Å². The van der Waals surface area contributed by atoms with Crippen molar-refractivity contribution >= 4 is 11.6 Å². The summed E-state index contributed by atoms with van der Waals surface area (Å²) in [4.78, 5) is 20.6. The number of aryl methyl sites for hydroxylation is 1. The third-order valence-corrected chi connectivity index (χ3v) is 4.39. The van der Waals surface area contributed by atoms with Gasteiger partial charge in [0, 0.05) is 12.1 Å². The summed E-state index contributed by atoms with van der Waals surface area (Å²) in [7, 11) is 0. The minimum atomic E-state index is 0.0140. The van der Waals surface area contributed by atoms with E-state index < -0.39 is 0 Å². The van der Waals surface area contributed by atoms with Crippen LogP contribution in [0.1, 0.15) is 60.9 Å². The number of Topliss-reactive ketones (excluding diaryl/α,β-unsaturated/α-hetero) is 1. The van der Waals surface area contributed by atoms with Gasteiger partial charge in [-0.25, -0.2) is 14.6 Å². The van der Waals surface area contributed by atoms with Gasteiger partial charge in [0.15, 0.2) is 11.6 Å². The van der Waals surface area contributed by atoms with E-state index in [4.69, 9.17) is 0 Å². The van der Waals surface area contributed by atoms with Crippen LogP contribution in [0.5, 0.6) is 0 Å². The second-order valence-electron chi connectivity index (χ2n) is 6.25. The molecule has 6 heteroatoms. The van der Waals surface area contributed by atoms with Crippen LogP contribution >= 0.6 is 0 Å². The predicted octanol–water partition coefficient (Wildman–Crippen LogP) is 3.23. The maximum atomic E-state index is 11.6. The number of anilines is 1. The fraction of sp³-hybridized carbons (Fsp3) is 0.529. The van der Waals surface area contributed by atoms with Crippen LogP contribution in [-0.4, -0.2) is 31.6 Å². The predicted molar refractivity (Wildman–Crippen MR) is 89.1 cm³/mol. The van der Waals surface area contributed by atoms with E-state index in [1.807, 2.05) is 19.9 Å². The van der Waals surface area contributed by atoms with Crippen molar-refractivity contribution in [2.75, 3.05) is 5.32 Å². The molecule has 2 heterocycles. The summed E-state index contributed by atoms with van der Waals surface area (Å²) >= 11 is 0. The van der Waals surface area contributed by atoms with Gasteiger partial charge in [0.1, 0.15) is 11.6 Å². The second kappa shape index (κ2) is 6.48. The highest BCUT2D eigenvalue weighted by Gasteiger charge is 2.16. The van der Waals surface area contributed by atoms with E-state index in [-0.39, 0.29) is 5.78 Å². The molecule has 3 rings (SSSR count). The maximum absolute atomic E-state index is 11.6. The van der Waals surface area contributed by atoms with Gasteiger partial charge in [0.25, 0.3) is 0 Å². The molecule has 122 valence electrons. The Bertz CT molecular complexity index is 716. The fourth-order valence-electron chi connectivity index (χ4n) is 3.18. The molecule has 1 aliphatic rings. The number of ketones is 1. The van der Waals surface area contributed by atoms with Crippen LogP contribution in [-0.2, 0) is 0 Å². The number of aromatic nitrogens is 4. The van der Waals surface area contributed by atoms with Crippen LogP contribution in [0, 0.1) is 13.8 Å². The first-order chi connectivity index (χ1) is 11.0. The van der Waals surface area contributed by atoms with Crippen molar-refractivity contribution in [3.05, 3.63) is 29.3 Å². The first-order valence-corrected chi connectivity index (χ1v) is 8.23. The van der Waals surface area contributed by atoms with Gasteiger partial charge in [0.05, 0.1) is 17.5 Å². The van der Waals surface area contributed by atoms with Gasteiger partial charge >= 0.3 is 0 Å². The van der Waals surface area contributed by atoms with Gasteiger partial charge in [-0.1, -0.05) is 19.3 Å². The summed E-state index contributed by atoms with van der Waals surface area (Å²) in [6.07, 6.45) is 7.85. The van der Waals surface area contributed by atoms with E-state index in [2.05, 4.69) is 20.4 Å². The lowest BCUT2D eigenvalue weighted by molar-refractivity contribution is 0.101. The highest BCUT2D eigenvalue weighted by Crippen LogP contribution is 2.22. The molecule has 6 nitrogen and oxygen atoms in total. The molecule has 0 aromatic carbocycles. The SMILES string of the molecule is CC(=O)c1cnn(-c2cc(NC3CCCCC3)nc(C)n2)c1C. The molecule has 0 unspecified atom stereocenters. The van der Waals surface area contributed by atoms with Crippen LogP contribution in [0.4, 0.5) is 5.82 Å². The largest absolute Gasteiger partial charge is 0.367 e. The Morgan fingerprint density at radius 2 is 1.96 bits per heavy atom. The van der Waals surface area contributed by atoms with E-state index in [0.29, 0.717) is 23.2 Å². The standard InChI is InChI=1S/C17H23N5O/c1-11-15(12(2)23)10-18-22(11)17-9-16(19-13(3)20-17)21-14-7-5-4-6-8-14/h9-10,14H,4-8H2,1-3H3,(H,19,20,21). The molecule has 23 heavy (non-hydrogen) atoms. The van der Waals surface area contributed by atoms with Crippen molar-refractivity contribution in [3.63, 3.8) is 0 Å². The quantitative estimate of drug-likeness (QED) is 0.877. The molecule has 0 aliphatic heterocycles. The van der Waals surface area contributed by atoms with Gasteiger partial charge in [-0.05, 0) is 33.6 Å². The van der Waals surface area contributed by atoms with E-state index in [1.54, 1.807) is 17.8 Å². The lowest BCUT2D eigenvalue weighted by Gasteiger charge is -2.23. The van der Waals surface area contributed by atoms with Crippen LogP contribution in [0.15, 0.2) is 12.3 Å². The molecule has 1 aliphatic carbocycles. The van der Waals surface area contributed by atoms with Gasteiger partial charge in [-0.2, -0.15) is 5.10 Å². The zero-order valence-electron chi connectivity index (χ0n) is 14.0. The molecule has 2 aromatic rings. The summed E-state index contributed by atoms with van der Waals surface area (Å²) in [6, 6.07) is 2.39. The van der Waals surface area contributed by atoms with Crippen LogP contribution < -0.4 is 5.32 Å². The van der Waals surface area contributed by atoms with E-state index in [9.17, 15) is 4.79 Å². The summed E-state index contributed by atoms with van der Waals surface area (Å²) in [5.41, 5.74) is 1.43. The molecule has 0 bridgehead atoms. The third-order valence-electron chi connectivity index (χ3n) is 4.39. The molecule has 2 aromatic heterocycles. The number of hydrogen-bond acceptors (Lipinski definition) is 5. The normalized spacial score (nSPS) is 15.6. The molecular formula is C17H23N5O. The van der Waals surface area contributed by atoms with Crippen molar-refractivity contribution in [1.82, 2.24) is 19.7 Å². The second-order valence-corrected chi connectivity index (χ2v) is 6.25. The number of rotatable bonds is 4. The summed E-state index contributed by atoms with van der Waals surface area (Å²) in [5, 5.41) is 7.84. The van der Waals surface area contributed by atoms with Crippen LogP contribution in [0.3, 0.4) is 0 Å². The zero-order chi connectivity index (χ0) is 16.4. The fourth-order valence-corrected chi connectivity index (χ4v) is 3.18. The highest BCUT2D eigenvalue weighted by atomic mass is 16.1. The lowest BCUT2D eigenvalue weighted by Crippen LogP contribution is -2.23. The maximum Gasteiger partial charge on any atom is 0.163 e. The third kappa shape index (κ3) is 3.41. The average molecular weight is 313 g/mol. The molecule has 0 amide bonds. The Hall–Kier alpha value is -2.24. The summed E-state index contributed by atoms with van der Waals surface area (Å²) in [5.74, 6) is 2.24. The Kier molecular flexibility index (Phi) is 4.41. The van der Waals surface area contributed by atoms with Crippen molar-refractivity contribution in [2.24, 2.45) is 0 Å². The van der Waals surface area contributed by atoms with Crippen LogP contribution in [0.25, 0.3) is 5.82 Å². The Balaban J connectivity index is 1.89. The summed E-state index contributed by atoms with van der Waals surface area (Å²) < 4.78 is 1.71. The minimum absolute atomic E-state index is 0.0140. The number of hydrogen-bond donors (Lipinski definition) is 1. The monoisotopic (exact) mass is 313 g/mol. The molecule has 1 saturated carbocycles. The van der Waals surface area contributed by atoms with Crippen molar-refractivity contribution in [2.45, 2.75) is 58.9 Å². The number of nitrogens with zero attached hydrogens (tertiary/aromatic N) is 4. The molecular weight excluding hydrogens is 290 g/mol.